The fraction of sp³-hybridized carbons (Fsp3) is 0.150. The molecule has 3 rings (SSSR count). The quantitative estimate of drug-likeness (QED) is 0.583. The fourth-order valence-electron chi connectivity index (χ4n) is 2.70. The first-order valence-electron chi connectivity index (χ1n) is 8.52. The molecule has 0 unspecified atom stereocenters. The average molecular weight is 464 g/mol. The van der Waals surface area contributed by atoms with Crippen LogP contribution in [0.3, 0.4) is 0 Å². The number of amides is 1. The summed E-state index contributed by atoms with van der Waals surface area (Å²) in [6.07, 6.45) is 1.36. The highest BCUT2D eigenvalue weighted by atomic mass is 79.9. The zero-order chi connectivity index (χ0) is 21.0. The van der Waals surface area contributed by atoms with Crippen molar-refractivity contribution in [1.82, 2.24) is 9.55 Å². The highest BCUT2D eigenvalue weighted by molar-refractivity contribution is 9.10. The van der Waals surface area contributed by atoms with Crippen LogP contribution in [0.15, 0.2) is 58.1 Å². The van der Waals surface area contributed by atoms with Crippen molar-refractivity contribution in [3.05, 3.63) is 91.9 Å². The molecule has 0 aliphatic carbocycles. The Bertz CT molecular complexity index is 1120. The zero-order valence-electron chi connectivity index (χ0n) is 15.1. The lowest BCUT2D eigenvalue weighted by Gasteiger charge is -2.12. The first kappa shape index (κ1) is 20.7. The van der Waals surface area contributed by atoms with Gasteiger partial charge in [0.2, 0.25) is 11.8 Å². The van der Waals surface area contributed by atoms with E-state index in [1.54, 1.807) is 24.3 Å². The molecular formula is C20H16BrF2N3O3. The van der Waals surface area contributed by atoms with Crippen LogP contribution < -0.4 is 16.0 Å². The Balaban J connectivity index is 1.80. The van der Waals surface area contributed by atoms with E-state index in [2.05, 4.69) is 20.9 Å². The van der Waals surface area contributed by atoms with Gasteiger partial charge in [0.05, 0.1) is 13.0 Å². The van der Waals surface area contributed by atoms with Gasteiger partial charge in [-0.05, 0) is 39.2 Å². The van der Waals surface area contributed by atoms with Crippen molar-refractivity contribution in [1.29, 1.82) is 0 Å². The number of halogens is 3. The van der Waals surface area contributed by atoms with Crippen LogP contribution in [-0.4, -0.2) is 15.5 Å². The Hall–Kier alpha value is -3.07. The maximum Gasteiger partial charge on any atom is 0.271 e. The van der Waals surface area contributed by atoms with Crippen LogP contribution in [0.25, 0.3) is 0 Å². The summed E-state index contributed by atoms with van der Waals surface area (Å²) in [5.41, 5.74) is 6.46. The van der Waals surface area contributed by atoms with Gasteiger partial charge in [-0.1, -0.05) is 24.3 Å². The average Bonchev–Trinajstić information content (AvgIpc) is 2.67. The zero-order valence-corrected chi connectivity index (χ0v) is 16.7. The Morgan fingerprint density at radius 3 is 2.55 bits per heavy atom. The molecule has 150 valence electrons. The third-order valence-electron chi connectivity index (χ3n) is 4.15. The van der Waals surface area contributed by atoms with Crippen molar-refractivity contribution < 1.29 is 18.3 Å². The molecule has 0 fully saturated rings. The number of rotatable bonds is 7. The van der Waals surface area contributed by atoms with E-state index in [9.17, 15) is 18.4 Å². The van der Waals surface area contributed by atoms with Crippen molar-refractivity contribution in [3.63, 3.8) is 0 Å². The van der Waals surface area contributed by atoms with Crippen LogP contribution in [0.4, 0.5) is 8.78 Å². The number of hydrogen-bond donors (Lipinski definition) is 1. The molecule has 1 aromatic heterocycles. The number of primary amides is 1. The molecule has 0 saturated carbocycles. The summed E-state index contributed by atoms with van der Waals surface area (Å²) in [5, 5.41) is 0. The van der Waals surface area contributed by atoms with Gasteiger partial charge in [-0.15, -0.1) is 0 Å². The lowest BCUT2D eigenvalue weighted by Crippen LogP contribution is -2.23. The maximum absolute atomic E-state index is 13.7. The Kier molecular flexibility index (Phi) is 6.38. The molecular weight excluding hydrogens is 448 g/mol. The molecule has 2 N–H and O–H groups in total. The number of ether oxygens (including phenoxy) is 1. The van der Waals surface area contributed by atoms with Gasteiger partial charge in [0, 0.05) is 11.6 Å². The monoisotopic (exact) mass is 463 g/mol. The second-order valence-electron chi connectivity index (χ2n) is 6.23. The molecule has 9 heteroatoms. The lowest BCUT2D eigenvalue weighted by molar-refractivity contribution is -0.117. The molecule has 0 atom stereocenters. The van der Waals surface area contributed by atoms with Crippen LogP contribution in [0.5, 0.6) is 5.88 Å². The number of carbonyl (C=O) groups excluding carboxylic acids is 1. The van der Waals surface area contributed by atoms with Gasteiger partial charge in [0.15, 0.2) is 0 Å². The third-order valence-corrected chi connectivity index (χ3v) is 4.83. The number of nitrogens with two attached hydrogens (primary N) is 1. The van der Waals surface area contributed by atoms with Gasteiger partial charge in [0.1, 0.15) is 29.0 Å². The van der Waals surface area contributed by atoms with E-state index in [0.717, 1.165) is 23.3 Å². The minimum atomic E-state index is -0.750. The first-order valence-corrected chi connectivity index (χ1v) is 9.31. The molecule has 0 radical (unpaired) electrons. The maximum atomic E-state index is 13.7. The summed E-state index contributed by atoms with van der Waals surface area (Å²) < 4.78 is 33.5. The lowest BCUT2D eigenvalue weighted by atomic mass is 10.0. The number of carbonyl (C=O) groups is 1. The van der Waals surface area contributed by atoms with E-state index in [1.165, 1.54) is 17.0 Å². The Morgan fingerprint density at radius 2 is 1.86 bits per heavy atom. The van der Waals surface area contributed by atoms with Crippen molar-refractivity contribution >= 4 is 21.8 Å². The number of hydrogen-bond acceptors (Lipinski definition) is 4. The normalized spacial score (nSPS) is 10.7. The minimum absolute atomic E-state index is 0.0135. The van der Waals surface area contributed by atoms with Gasteiger partial charge in [-0.3, -0.25) is 14.2 Å². The van der Waals surface area contributed by atoms with Gasteiger partial charge in [0.25, 0.3) is 5.56 Å². The second kappa shape index (κ2) is 8.95. The standard InChI is InChI=1S/C20H16BrF2N3O3/c21-18-19(29-10-14-5-6-15(22)8-16(14)23)25-11-26(20(18)28)9-13-4-2-1-3-12(13)7-17(24)27/h1-6,8,11H,7,9-10H2,(H2,24,27). The summed E-state index contributed by atoms with van der Waals surface area (Å²) >= 11 is 3.16. The second-order valence-corrected chi connectivity index (χ2v) is 7.03. The molecule has 3 aromatic rings. The predicted molar refractivity (Wildman–Crippen MR) is 105 cm³/mol. The number of benzene rings is 2. The van der Waals surface area contributed by atoms with Crippen LogP contribution >= 0.6 is 15.9 Å². The van der Waals surface area contributed by atoms with E-state index in [0.29, 0.717) is 0 Å². The highest BCUT2D eigenvalue weighted by Crippen LogP contribution is 2.20. The predicted octanol–water partition coefficient (Wildman–Crippen LogP) is 2.94. The van der Waals surface area contributed by atoms with Gasteiger partial charge < -0.3 is 10.5 Å². The summed E-state index contributed by atoms with van der Waals surface area (Å²) in [6, 6.07) is 10.3. The van der Waals surface area contributed by atoms with E-state index in [4.69, 9.17) is 10.5 Å². The number of nitrogens with zero attached hydrogens (tertiary/aromatic N) is 2. The van der Waals surface area contributed by atoms with Gasteiger partial charge in [-0.25, -0.2) is 13.8 Å². The van der Waals surface area contributed by atoms with Crippen molar-refractivity contribution in [2.24, 2.45) is 5.73 Å². The molecule has 1 heterocycles. The molecule has 29 heavy (non-hydrogen) atoms. The van der Waals surface area contributed by atoms with Crippen molar-refractivity contribution in [3.8, 4) is 5.88 Å². The molecule has 0 bridgehead atoms. The van der Waals surface area contributed by atoms with Crippen molar-refractivity contribution in [2.45, 2.75) is 19.6 Å². The molecule has 1 amide bonds. The van der Waals surface area contributed by atoms with Gasteiger partial charge >= 0.3 is 0 Å². The Labute approximate surface area is 173 Å². The van der Waals surface area contributed by atoms with Gasteiger partial charge in [-0.2, -0.15) is 0 Å². The minimum Gasteiger partial charge on any atom is -0.472 e. The molecule has 6 nitrogen and oxygen atoms in total. The summed E-state index contributed by atoms with van der Waals surface area (Å²) in [6.45, 7) is -0.0383. The topological polar surface area (TPSA) is 87.2 Å². The SMILES string of the molecule is NC(=O)Cc1ccccc1Cn1cnc(OCc2ccc(F)cc2F)c(Br)c1=O. The van der Waals surface area contributed by atoms with Crippen LogP contribution in [0, 0.1) is 11.6 Å². The van der Waals surface area contributed by atoms with E-state index < -0.39 is 23.1 Å². The van der Waals surface area contributed by atoms with E-state index in [-0.39, 0.29) is 35.5 Å². The summed E-state index contributed by atoms with van der Waals surface area (Å²) in [4.78, 5) is 28.0. The Morgan fingerprint density at radius 1 is 1.14 bits per heavy atom. The van der Waals surface area contributed by atoms with Crippen LogP contribution in [0.1, 0.15) is 16.7 Å². The smallest absolute Gasteiger partial charge is 0.271 e. The van der Waals surface area contributed by atoms with Crippen LogP contribution in [-0.2, 0) is 24.4 Å². The molecule has 0 aliphatic rings. The fourth-order valence-corrected chi connectivity index (χ4v) is 3.15. The molecule has 0 saturated heterocycles. The largest absolute Gasteiger partial charge is 0.472 e. The highest BCUT2D eigenvalue weighted by Gasteiger charge is 2.14. The van der Waals surface area contributed by atoms with Crippen LogP contribution in [0.2, 0.25) is 0 Å². The molecule has 2 aromatic carbocycles. The summed E-state index contributed by atoms with van der Waals surface area (Å²) in [5.74, 6) is -1.92. The number of aromatic nitrogens is 2. The molecule has 0 spiro atoms. The van der Waals surface area contributed by atoms with E-state index >= 15 is 0 Å². The van der Waals surface area contributed by atoms with E-state index in [1.807, 2.05) is 0 Å². The molecule has 0 aliphatic heterocycles. The summed E-state index contributed by atoms with van der Waals surface area (Å²) in [7, 11) is 0. The first-order chi connectivity index (χ1) is 13.8. The van der Waals surface area contributed by atoms with Crippen molar-refractivity contribution in [2.75, 3.05) is 0 Å². The third kappa shape index (κ3) is 5.05.